The molecule has 0 saturated heterocycles. The second kappa shape index (κ2) is 7.65. The van der Waals surface area contributed by atoms with Crippen LogP contribution in [0.1, 0.15) is 23.0 Å². The predicted molar refractivity (Wildman–Crippen MR) is 101 cm³/mol. The fourth-order valence-electron chi connectivity index (χ4n) is 2.50. The van der Waals surface area contributed by atoms with Gasteiger partial charge in [-0.1, -0.05) is 24.3 Å². The number of aromatic nitrogens is 1. The highest BCUT2D eigenvalue weighted by molar-refractivity contribution is 6.01. The van der Waals surface area contributed by atoms with E-state index in [1.54, 1.807) is 32.2 Å². The average Bonchev–Trinajstić information content (AvgIpc) is 2.70. The topological polar surface area (TPSA) is 72.8 Å². The fourth-order valence-corrected chi connectivity index (χ4v) is 2.50. The SMILES string of the molecule is COc1ccc(C(=O)N/N=C(\C)c2ccc3ccccc3n2)cc1OC. The second-order valence-corrected chi connectivity index (χ2v) is 5.60. The number of benzene rings is 2. The summed E-state index contributed by atoms with van der Waals surface area (Å²) >= 11 is 0. The van der Waals surface area contributed by atoms with E-state index < -0.39 is 0 Å². The summed E-state index contributed by atoms with van der Waals surface area (Å²) in [4.78, 5) is 16.9. The molecule has 1 aromatic heterocycles. The van der Waals surface area contributed by atoms with E-state index in [0.29, 0.717) is 28.5 Å². The lowest BCUT2D eigenvalue weighted by atomic mass is 10.2. The molecular formula is C20H19N3O3. The van der Waals surface area contributed by atoms with E-state index in [2.05, 4.69) is 15.5 Å². The lowest BCUT2D eigenvalue weighted by Gasteiger charge is -2.09. The molecule has 6 nitrogen and oxygen atoms in total. The Hall–Kier alpha value is -3.41. The summed E-state index contributed by atoms with van der Waals surface area (Å²) in [5.41, 5.74) is 5.17. The number of rotatable bonds is 5. The van der Waals surface area contributed by atoms with E-state index in [1.165, 1.54) is 7.11 Å². The standard InChI is InChI=1S/C20H19N3O3/c1-13(16-10-8-14-6-4-5-7-17(14)21-16)22-23-20(24)15-9-11-18(25-2)19(12-15)26-3/h4-12H,1-3H3,(H,23,24)/b22-13+. The van der Waals surface area contributed by atoms with E-state index in [-0.39, 0.29) is 5.91 Å². The maximum atomic E-state index is 12.3. The van der Waals surface area contributed by atoms with Crippen molar-refractivity contribution >= 4 is 22.5 Å². The summed E-state index contributed by atoms with van der Waals surface area (Å²) in [5.74, 6) is 0.701. The molecule has 1 amide bonds. The van der Waals surface area contributed by atoms with Crippen LogP contribution in [0, 0.1) is 0 Å². The second-order valence-electron chi connectivity index (χ2n) is 5.60. The third-order valence-corrected chi connectivity index (χ3v) is 3.94. The highest BCUT2D eigenvalue weighted by atomic mass is 16.5. The van der Waals surface area contributed by atoms with Crippen LogP contribution in [0.5, 0.6) is 11.5 Å². The van der Waals surface area contributed by atoms with E-state index >= 15 is 0 Å². The molecule has 0 aliphatic carbocycles. The largest absolute Gasteiger partial charge is 0.493 e. The van der Waals surface area contributed by atoms with Gasteiger partial charge in [0.1, 0.15) is 0 Å². The maximum absolute atomic E-state index is 12.3. The van der Waals surface area contributed by atoms with E-state index in [0.717, 1.165) is 10.9 Å². The molecule has 0 bridgehead atoms. The minimum atomic E-state index is -0.342. The minimum absolute atomic E-state index is 0.342. The molecular weight excluding hydrogens is 330 g/mol. The molecule has 0 saturated carbocycles. The molecule has 132 valence electrons. The lowest BCUT2D eigenvalue weighted by Crippen LogP contribution is -2.19. The van der Waals surface area contributed by atoms with Crippen molar-refractivity contribution in [3.05, 3.63) is 65.9 Å². The molecule has 0 unspecified atom stereocenters. The van der Waals surface area contributed by atoms with E-state index in [4.69, 9.17) is 9.47 Å². The molecule has 6 heteroatoms. The van der Waals surface area contributed by atoms with Gasteiger partial charge in [-0.05, 0) is 37.3 Å². The van der Waals surface area contributed by atoms with Gasteiger partial charge in [-0.2, -0.15) is 5.10 Å². The van der Waals surface area contributed by atoms with Crippen molar-refractivity contribution in [2.45, 2.75) is 6.92 Å². The quantitative estimate of drug-likeness (QED) is 0.566. The van der Waals surface area contributed by atoms with Crippen LogP contribution in [0.4, 0.5) is 0 Å². The molecule has 1 N–H and O–H groups in total. The Morgan fingerprint density at radius 2 is 1.77 bits per heavy atom. The first-order valence-corrected chi connectivity index (χ1v) is 8.05. The summed E-state index contributed by atoms with van der Waals surface area (Å²) in [6.45, 7) is 1.80. The van der Waals surface area contributed by atoms with E-state index in [9.17, 15) is 4.79 Å². The third kappa shape index (κ3) is 3.64. The Bertz CT molecular complexity index is 983. The van der Waals surface area contributed by atoms with Crippen LogP contribution in [0.3, 0.4) is 0 Å². The van der Waals surface area contributed by atoms with Crippen LogP contribution in [-0.4, -0.2) is 30.8 Å². The first-order valence-electron chi connectivity index (χ1n) is 8.05. The first kappa shape index (κ1) is 17.4. The highest BCUT2D eigenvalue weighted by Gasteiger charge is 2.10. The fraction of sp³-hybridized carbons (Fsp3) is 0.150. The van der Waals surface area contributed by atoms with Gasteiger partial charge < -0.3 is 9.47 Å². The average molecular weight is 349 g/mol. The van der Waals surface area contributed by atoms with Crippen molar-refractivity contribution in [1.29, 1.82) is 0 Å². The number of hydrazone groups is 1. The number of ether oxygens (including phenoxy) is 2. The number of hydrogen-bond acceptors (Lipinski definition) is 5. The van der Waals surface area contributed by atoms with E-state index in [1.807, 2.05) is 36.4 Å². The van der Waals surface area contributed by atoms with Crippen LogP contribution in [-0.2, 0) is 0 Å². The number of carbonyl (C=O) groups is 1. The Kier molecular flexibility index (Phi) is 5.12. The summed E-state index contributed by atoms with van der Waals surface area (Å²) < 4.78 is 10.4. The van der Waals surface area contributed by atoms with Gasteiger partial charge in [0.2, 0.25) is 0 Å². The molecule has 3 aromatic rings. The van der Waals surface area contributed by atoms with Crippen molar-refractivity contribution in [2.75, 3.05) is 14.2 Å². The third-order valence-electron chi connectivity index (χ3n) is 3.94. The van der Waals surface area contributed by atoms with Crippen LogP contribution in [0.15, 0.2) is 59.7 Å². The number of para-hydroxylation sites is 1. The van der Waals surface area contributed by atoms with Crippen molar-refractivity contribution < 1.29 is 14.3 Å². The summed E-state index contributed by atoms with van der Waals surface area (Å²) in [6, 6.07) is 16.6. The molecule has 0 aliphatic rings. The molecule has 2 aromatic carbocycles. The van der Waals surface area contributed by atoms with Gasteiger partial charge in [-0.15, -0.1) is 0 Å². The number of hydrogen-bond donors (Lipinski definition) is 1. The number of fused-ring (bicyclic) bond motifs is 1. The number of nitrogens with one attached hydrogen (secondary N) is 1. The van der Waals surface area contributed by atoms with Gasteiger partial charge in [0.05, 0.1) is 31.1 Å². The van der Waals surface area contributed by atoms with Crippen LogP contribution in [0.2, 0.25) is 0 Å². The van der Waals surface area contributed by atoms with Gasteiger partial charge in [-0.25, -0.2) is 10.4 Å². The van der Waals surface area contributed by atoms with Crippen molar-refractivity contribution in [3.8, 4) is 11.5 Å². The number of nitrogens with zero attached hydrogens (tertiary/aromatic N) is 2. The number of carbonyl (C=O) groups excluding carboxylic acids is 1. The number of methoxy groups -OCH3 is 2. The first-order chi connectivity index (χ1) is 12.6. The molecule has 0 fully saturated rings. The van der Waals surface area contributed by atoms with Gasteiger partial charge >= 0.3 is 0 Å². The number of amides is 1. The molecule has 26 heavy (non-hydrogen) atoms. The van der Waals surface area contributed by atoms with Gasteiger partial charge in [0.25, 0.3) is 5.91 Å². The molecule has 0 spiro atoms. The molecule has 0 atom stereocenters. The Labute approximate surface area is 151 Å². The van der Waals surface area contributed by atoms with Crippen molar-refractivity contribution in [3.63, 3.8) is 0 Å². The van der Waals surface area contributed by atoms with Crippen LogP contribution in [0.25, 0.3) is 10.9 Å². The van der Waals surface area contributed by atoms with Gasteiger partial charge in [-0.3, -0.25) is 4.79 Å². The smallest absolute Gasteiger partial charge is 0.271 e. The minimum Gasteiger partial charge on any atom is -0.493 e. The molecule has 1 heterocycles. The summed E-state index contributed by atoms with van der Waals surface area (Å²) in [7, 11) is 3.06. The summed E-state index contributed by atoms with van der Waals surface area (Å²) in [5, 5.41) is 5.21. The Balaban J connectivity index is 1.78. The molecule has 0 radical (unpaired) electrons. The summed E-state index contributed by atoms with van der Waals surface area (Å²) in [6.07, 6.45) is 0. The zero-order valence-corrected chi connectivity index (χ0v) is 14.8. The van der Waals surface area contributed by atoms with Crippen molar-refractivity contribution in [2.24, 2.45) is 5.10 Å². The monoisotopic (exact) mass is 349 g/mol. The Morgan fingerprint density at radius 1 is 1.00 bits per heavy atom. The van der Waals surface area contributed by atoms with Gasteiger partial charge in [0, 0.05) is 10.9 Å². The lowest BCUT2D eigenvalue weighted by molar-refractivity contribution is 0.0954. The van der Waals surface area contributed by atoms with Crippen molar-refractivity contribution in [1.82, 2.24) is 10.4 Å². The maximum Gasteiger partial charge on any atom is 0.271 e. The zero-order chi connectivity index (χ0) is 18.5. The molecule has 3 rings (SSSR count). The zero-order valence-electron chi connectivity index (χ0n) is 14.8. The molecule has 0 aliphatic heterocycles. The number of pyridine rings is 1. The van der Waals surface area contributed by atoms with Gasteiger partial charge in [0.15, 0.2) is 11.5 Å². The van der Waals surface area contributed by atoms with Crippen LogP contribution < -0.4 is 14.9 Å². The van der Waals surface area contributed by atoms with Crippen LogP contribution >= 0.6 is 0 Å². The predicted octanol–water partition coefficient (Wildman–Crippen LogP) is 3.41. The Morgan fingerprint density at radius 3 is 2.54 bits per heavy atom. The normalized spacial score (nSPS) is 11.3. The highest BCUT2D eigenvalue weighted by Crippen LogP contribution is 2.27.